The standard InChI is InChI=1S/C16H25N3OS/c1-2-10-6-7-13-14(8-10)21-16(18-13)19-15(20)12-5-3-4-11(12)9-17/h10-12H,2-9,17H2,1H3,(H,18,19,20)/t10?,11-,12-/m1/s1. The maximum atomic E-state index is 12.4. The average molecular weight is 307 g/mol. The normalized spacial score (nSPS) is 28.4. The number of aryl methyl sites for hydroxylation is 1. The summed E-state index contributed by atoms with van der Waals surface area (Å²) in [4.78, 5) is 18.4. The molecular formula is C16H25N3OS. The van der Waals surface area contributed by atoms with Gasteiger partial charge in [-0.25, -0.2) is 4.98 Å². The average Bonchev–Trinajstić information content (AvgIpc) is 3.11. The molecule has 116 valence electrons. The second-order valence-corrected chi connectivity index (χ2v) is 7.51. The van der Waals surface area contributed by atoms with E-state index in [9.17, 15) is 4.79 Å². The van der Waals surface area contributed by atoms with E-state index in [1.54, 1.807) is 11.3 Å². The highest BCUT2D eigenvalue weighted by Crippen LogP contribution is 2.35. The molecule has 1 aromatic rings. The lowest BCUT2D eigenvalue weighted by atomic mass is 9.89. The summed E-state index contributed by atoms with van der Waals surface area (Å²) in [6.07, 6.45) is 7.84. The summed E-state index contributed by atoms with van der Waals surface area (Å²) >= 11 is 1.68. The largest absolute Gasteiger partial charge is 0.330 e. The molecule has 5 heteroatoms. The van der Waals surface area contributed by atoms with Gasteiger partial charge in [0.25, 0.3) is 0 Å². The SMILES string of the molecule is CCC1CCc2nc(NC(=O)[C@@H]3CCC[C@@H]3CN)sc2C1. The van der Waals surface area contributed by atoms with Gasteiger partial charge >= 0.3 is 0 Å². The van der Waals surface area contributed by atoms with E-state index in [1.807, 2.05) is 0 Å². The van der Waals surface area contributed by atoms with Gasteiger partial charge in [0.05, 0.1) is 5.69 Å². The molecule has 1 fully saturated rings. The van der Waals surface area contributed by atoms with Gasteiger partial charge in [0.15, 0.2) is 5.13 Å². The number of hydrogen-bond donors (Lipinski definition) is 2. The third kappa shape index (κ3) is 3.14. The number of thiazole rings is 1. The van der Waals surface area contributed by atoms with Crippen LogP contribution in [-0.2, 0) is 17.6 Å². The van der Waals surface area contributed by atoms with Crippen LogP contribution in [0.3, 0.4) is 0 Å². The predicted octanol–water partition coefficient (Wildman–Crippen LogP) is 2.97. The minimum absolute atomic E-state index is 0.0827. The molecule has 0 spiro atoms. The summed E-state index contributed by atoms with van der Waals surface area (Å²) in [5.74, 6) is 1.35. The summed E-state index contributed by atoms with van der Waals surface area (Å²) in [7, 11) is 0. The molecule has 2 aliphatic carbocycles. The van der Waals surface area contributed by atoms with Crippen LogP contribution in [0.5, 0.6) is 0 Å². The van der Waals surface area contributed by atoms with E-state index in [1.165, 1.54) is 23.4 Å². The van der Waals surface area contributed by atoms with Gasteiger partial charge in [-0.15, -0.1) is 11.3 Å². The minimum Gasteiger partial charge on any atom is -0.330 e. The number of hydrogen-bond acceptors (Lipinski definition) is 4. The van der Waals surface area contributed by atoms with Gasteiger partial charge in [-0.3, -0.25) is 4.79 Å². The summed E-state index contributed by atoms with van der Waals surface area (Å²) in [6, 6.07) is 0. The third-order valence-corrected chi connectivity index (χ3v) is 6.18. The van der Waals surface area contributed by atoms with Crippen LogP contribution in [0.4, 0.5) is 5.13 Å². The zero-order valence-corrected chi connectivity index (χ0v) is 13.5. The number of nitrogens with zero attached hydrogens (tertiary/aromatic N) is 1. The first-order valence-corrected chi connectivity index (χ1v) is 9.02. The molecule has 0 aliphatic heterocycles. The summed E-state index contributed by atoms with van der Waals surface area (Å²) in [5.41, 5.74) is 6.98. The quantitative estimate of drug-likeness (QED) is 0.898. The van der Waals surface area contributed by atoms with Crippen LogP contribution in [0, 0.1) is 17.8 Å². The molecule has 0 bridgehead atoms. The Balaban J connectivity index is 1.66. The molecule has 0 aromatic carbocycles. The zero-order valence-electron chi connectivity index (χ0n) is 12.7. The minimum atomic E-state index is 0.0827. The summed E-state index contributed by atoms with van der Waals surface area (Å²) < 4.78 is 0. The number of fused-ring (bicyclic) bond motifs is 1. The zero-order chi connectivity index (χ0) is 14.8. The molecule has 0 saturated heterocycles. The van der Waals surface area contributed by atoms with Crippen molar-refractivity contribution in [1.82, 2.24) is 4.98 Å². The van der Waals surface area contributed by atoms with Crippen molar-refractivity contribution in [2.45, 2.75) is 51.9 Å². The van der Waals surface area contributed by atoms with Crippen molar-refractivity contribution in [1.29, 1.82) is 0 Å². The topological polar surface area (TPSA) is 68.0 Å². The van der Waals surface area contributed by atoms with Crippen LogP contribution in [0.2, 0.25) is 0 Å². The predicted molar refractivity (Wildman–Crippen MR) is 86.4 cm³/mol. The van der Waals surface area contributed by atoms with E-state index < -0.39 is 0 Å². The molecule has 1 amide bonds. The Morgan fingerprint density at radius 2 is 2.29 bits per heavy atom. The number of carbonyl (C=O) groups is 1. The number of aromatic nitrogens is 1. The van der Waals surface area contributed by atoms with Crippen molar-refractivity contribution in [2.75, 3.05) is 11.9 Å². The fraction of sp³-hybridized carbons (Fsp3) is 0.750. The highest BCUT2D eigenvalue weighted by Gasteiger charge is 2.32. The molecule has 1 heterocycles. The van der Waals surface area contributed by atoms with Crippen molar-refractivity contribution in [3.63, 3.8) is 0 Å². The van der Waals surface area contributed by atoms with Gasteiger partial charge in [0.1, 0.15) is 0 Å². The summed E-state index contributed by atoms with van der Waals surface area (Å²) in [5, 5.41) is 3.85. The van der Waals surface area contributed by atoms with Crippen molar-refractivity contribution in [2.24, 2.45) is 23.5 Å². The van der Waals surface area contributed by atoms with Crippen molar-refractivity contribution >= 4 is 22.4 Å². The fourth-order valence-corrected chi connectivity index (χ4v) is 4.83. The van der Waals surface area contributed by atoms with Gasteiger partial charge in [0, 0.05) is 10.8 Å². The van der Waals surface area contributed by atoms with Crippen LogP contribution >= 0.6 is 11.3 Å². The van der Waals surface area contributed by atoms with Crippen LogP contribution < -0.4 is 11.1 Å². The lowest BCUT2D eigenvalue weighted by Gasteiger charge is -2.18. The Labute approximate surface area is 130 Å². The number of anilines is 1. The molecule has 0 radical (unpaired) electrons. The van der Waals surface area contributed by atoms with Crippen LogP contribution in [-0.4, -0.2) is 17.4 Å². The maximum absolute atomic E-state index is 12.4. The first-order valence-electron chi connectivity index (χ1n) is 8.20. The van der Waals surface area contributed by atoms with Crippen LogP contribution in [0.1, 0.15) is 49.6 Å². The Morgan fingerprint density at radius 3 is 3.05 bits per heavy atom. The Morgan fingerprint density at radius 1 is 1.43 bits per heavy atom. The molecule has 1 saturated carbocycles. The molecule has 1 aromatic heterocycles. The number of rotatable bonds is 4. The Hall–Kier alpha value is -0.940. The number of nitrogens with one attached hydrogen (secondary N) is 1. The van der Waals surface area contributed by atoms with Gasteiger partial charge in [-0.05, 0) is 50.5 Å². The van der Waals surface area contributed by atoms with E-state index in [0.717, 1.165) is 43.2 Å². The first-order chi connectivity index (χ1) is 10.2. The van der Waals surface area contributed by atoms with Crippen molar-refractivity contribution in [3.05, 3.63) is 10.6 Å². The van der Waals surface area contributed by atoms with Crippen LogP contribution in [0.15, 0.2) is 0 Å². The van der Waals surface area contributed by atoms with Gasteiger partial charge in [0.2, 0.25) is 5.91 Å². The smallest absolute Gasteiger partial charge is 0.229 e. The summed E-state index contributed by atoms with van der Waals surface area (Å²) in [6.45, 7) is 2.87. The second kappa shape index (κ2) is 6.44. The molecule has 3 rings (SSSR count). The van der Waals surface area contributed by atoms with Crippen LogP contribution in [0.25, 0.3) is 0 Å². The molecule has 2 aliphatic rings. The number of nitrogens with two attached hydrogens (primary N) is 1. The van der Waals surface area contributed by atoms with Crippen molar-refractivity contribution < 1.29 is 4.79 Å². The van der Waals surface area contributed by atoms with E-state index >= 15 is 0 Å². The van der Waals surface area contributed by atoms with E-state index in [0.29, 0.717) is 12.5 Å². The van der Waals surface area contributed by atoms with Crippen molar-refractivity contribution in [3.8, 4) is 0 Å². The van der Waals surface area contributed by atoms with Gasteiger partial charge in [-0.1, -0.05) is 19.8 Å². The monoisotopic (exact) mass is 307 g/mol. The highest BCUT2D eigenvalue weighted by molar-refractivity contribution is 7.15. The van der Waals surface area contributed by atoms with E-state index in [-0.39, 0.29) is 11.8 Å². The lowest BCUT2D eigenvalue weighted by molar-refractivity contribution is -0.120. The first kappa shape index (κ1) is 15.0. The number of amides is 1. The maximum Gasteiger partial charge on any atom is 0.229 e. The second-order valence-electron chi connectivity index (χ2n) is 6.43. The molecule has 3 N–H and O–H groups in total. The molecule has 1 unspecified atom stereocenters. The fourth-order valence-electron chi connectivity index (χ4n) is 3.71. The van der Waals surface area contributed by atoms with Gasteiger partial charge in [-0.2, -0.15) is 0 Å². The molecule has 21 heavy (non-hydrogen) atoms. The van der Waals surface area contributed by atoms with E-state index in [2.05, 4.69) is 17.2 Å². The third-order valence-electron chi connectivity index (χ3n) is 5.15. The molecule has 3 atom stereocenters. The van der Waals surface area contributed by atoms with Gasteiger partial charge < -0.3 is 11.1 Å². The number of carbonyl (C=O) groups excluding carboxylic acids is 1. The molecule has 4 nitrogen and oxygen atoms in total. The lowest BCUT2D eigenvalue weighted by Crippen LogP contribution is -2.29. The van der Waals surface area contributed by atoms with E-state index in [4.69, 9.17) is 5.73 Å². The highest BCUT2D eigenvalue weighted by atomic mass is 32.1. The Kier molecular flexibility index (Phi) is 4.60. The molecular weight excluding hydrogens is 282 g/mol. The Bertz CT molecular complexity index is 514.